The second-order valence-electron chi connectivity index (χ2n) is 4.83. The molecule has 1 atom stereocenters. The summed E-state index contributed by atoms with van der Waals surface area (Å²) in [6.07, 6.45) is 1.12. The third-order valence-electron chi connectivity index (χ3n) is 3.18. The van der Waals surface area contributed by atoms with Gasteiger partial charge in [-0.05, 0) is 31.2 Å². The van der Waals surface area contributed by atoms with Gasteiger partial charge in [-0.25, -0.2) is 0 Å². The maximum atomic E-state index is 5.63. The van der Waals surface area contributed by atoms with E-state index in [1.165, 1.54) is 5.56 Å². The zero-order valence-electron chi connectivity index (χ0n) is 11.6. The van der Waals surface area contributed by atoms with Gasteiger partial charge in [0.2, 0.25) is 0 Å². The van der Waals surface area contributed by atoms with Gasteiger partial charge in [0.25, 0.3) is 0 Å². The van der Waals surface area contributed by atoms with Gasteiger partial charge in [-0.2, -0.15) is 0 Å². The maximum Gasteiger partial charge on any atom is 0.119 e. The zero-order valence-corrected chi connectivity index (χ0v) is 11.6. The first-order valence-corrected chi connectivity index (χ1v) is 6.90. The van der Waals surface area contributed by atoms with Crippen molar-refractivity contribution < 1.29 is 14.2 Å². The van der Waals surface area contributed by atoms with E-state index in [1.54, 1.807) is 0 Å². The van der Waals surface area contributed by atoms with Gasteiger partial charge in [0.1, 0.15) is 12.4 Å². The van der Waals surface area contributed by atoms with Crippen molar-refractivity contribution in [3.05, 3.63) is 29.8 Å². The molecule has 1 aromatic rings. The Morgan fingerprint density at radius 1 is 1.26 bits per heavy atom. The number of benzene rings is 1. The van der Waals surface area contributed by atoms with Crippen molar-refractivity contribution in [2.75, 3.05) is 40.1 Å². The Morgan fingerprint density at radius 2 is 2.11 bits per heavy atom. The molecule has 2 rings (SSSR count). The van der Waals surface area contributed by atoms with E-state index >= 15 is 0 Å². The monoisotopic (exact) mass is 265 g/mol. The van der Waals surface area contributed by atoms with Crippen molar-refractivity contribution in [2.45, 2.75) is 13.0 Å². The molecule has 0 bridgehead atoms. The third-order valence-corrected chi connectivity index (χ3v) is 3.18. The molecule has 4 heteroatoms. The van der Waals surface area contributed by atoms with Gasteiger partial charge in [-0.1, -0.05) is 12.1 Å². The van der Waals surface area contributed by atoms with Gasteiger partial charge in [0, 0.05) is 19.1 Å². The molecule has 0 amide bonds. The molecule has 0 spiro atoms. The number of hydrogen-bond donors (Lipinski definition) is 1. The van der Waals surface area contributed by atoms with Crippen molar-refractivity contribution in [1.29, 1.82) is 0 Å². The average molecular weight is 265 g/mol. The molecular weight excluding hydrogens is 242 g/mol. The van der Waals surface area contributed by atoms with Crippen LogP contribution >= 0.6 is 0 Å². The molecule has 1 aliphatic heterocycles. The molecule has 1 N–H and O–H groups in total. The number of hydrogen-bond acceptors (Lipinski definition) is 4. The summed E-state index contributed by atoms with van der Waals surface area (Å²) in [6, 6.07) is 8.14. The van der Waals surface area contributed by atoms with E-state index in [0.717, 1.165) is 38.5 Å². The van der Waals surface area contributed by atoms with Crippen LogP contribution < -0.4 is 10.1 Å². The van der Waals surface area contributed by atoms with Gasteiger partial charge in [-0.15, -0.1) is 0 Å². The van der Waals surface area contributed by atoms with Crippen LogP contribution in [0.1, 0.15) is 12.0 Å². The van der Waals surface area contributed by atoms with E-state index in [9.17, 15) is 0 Å². The molecule has 0 aromatic heterocycles. The topological polar surface area (TPSA) is 39.7 Å². The van der Waals surface area contributed by atoms with Gasteiger partial charge in [0.05, 0.1) is 19.8 Å². The minimum absolute atomic E-state index is 0.570. The van der Waals surface area contributed by atoms with Crippen LogP contribution in [0.5, 0.6) is 5.75 Å². The van der Waals surface area contributed by atoms with Gasteiger partial charge < -0.3 is 19.5 Å². The Kier molecular flexibility index (Phi) is 6.14. The first-order chi connectivity index (χ1) is 9.38. The number of nitrogens with one attached hydrogen (secondary N) is 1. The van der Waals surface area contributed by atoms with E-state index < -0.39 is 0 Å². The lowest BCUT2D eigenvalue weighted by Crippen LogP contribution is -2.13. The van der Waals surface area contributed by atoms with E-state index in [0.29, 0.717) is 19.1 Å². The minimum Gasteiger partial charge on any atom is -0.491 e. The molecule has 1 fully saturated rings. The standard InChI is InChI=1S/C15H23NO3/c1-16-10-13-2-4-15(5-3-13)19-9-8-18-12-14-6-7-17-11-14/h2-5,14,16H,6-12H2,1H3. The van der Waals surface area contributed by atoms with Crippen molar-refractivity contribution >= 4 is 0 Å². The van der Waals surface area contributed by atoms with Crippen molar-refractivity contribution in [1.82, 2.24) is 5.32 Å². The first-order valence-electron chi connectivity index (χ1n) is 6.90. The fraction of sp³-hybridized carbons (Fsp3) is 0.600. The largest absolute Gasteiger partial charge is 0.491 e. The van der Waals surface area contributed by atoms with Crippen LogP contribution in [-0.4, -0.2) is 40.1 Å². The third kappa shape index (κ3) is 5.19. The fourth-order valence-corrected chi connectivity index (χ4v) is 2.09. The predicted octanol–water partition coefficient (Wildman–Crippen LogP) is 1.84. The molecule has 0 aliphatic carbocycles. The molecule has 1 aliphatic rings. The van der Waals surface area contributed by atoms with E-state index in [1.807, 2.05) is 19.2 Å². The van der Waals surface area contributed by atoms with Crippen LogP contribution in [0.15, 0.2) is 24.3 Å². The molecular formula is C15H23NO3. The lowest BCUT2D eigenvalue weighted by Gasteiger charge is -2.10. The van der Waals surface area contributed by atoms with Crippen LogP contribution in [-0.2, 0) is 16.0 Å². The number of ether oxygens (including phenoxy) is 3. The summed E-state index contributed by atoms with van der Waals surface area (Å²) in [4.78, 5) is 0. The lowest BCUT2D eigenvalue weighted by atomic mass is 10.1. The van der Waals surface area contributed by atoms with E-state index in [-0.39, 0.29) is 0 Å². The summed E-state index contributed by atoms with van der Waals surface area (Å²) >= 11 is 0. The maximum absolute atomic E-state index is 5.63. The highest BCUT2D eigenvalue weighted by atomic mass is 16.5. The second kappa shape index (κ2) is 8.15. The Labute approximate surface area is 115 Å². The van der Waals surface area contributed by atoms with Gasteiger partial charge >= 0.3 is 0 Å². The lowest BCUT2D eigenvalue weighted by molar-refractivity contribution is 0.0684. The first kappa shape index (κ1) is 14.3. The Morgan fingerprint density at radius 3 is 2.79 bits per heavy atom. The Hall–Kier alpha value is -1.10. The highest BCUT2D eigenvalue weighted by Gasteiger charge is 2.15. The molecule has 1 unspecified atom stereocenters. The van der Waals surface area contributed by atoms with Crippen LogP contribution in [0.25, 0.3) is 0 Å². The molecule has 1 aromatic carbocycles. The SMILES string of the molecule is CNCc1ccc(OCCOCC2CCOC2)cc1. The van der Waals surface area contributed by atoms with Crippen molar-refractivity contribution in [3.63, 3.8) is 0 Å². The summed E-state index contributed by atoms with van der Waals surface area (Å²) in [7, 11) is 1.94. The van der Waals surface area contributed by atoms with Gasteiger partial charge in [0.15, 0.2) is 0 Å². The molecule has 1 heterocycles. The second-order valence-corrected chi connectivity index (χ2v) is 4.83. The smallest absolute Gasteiger partial charge is 0.119 e. The number of rotatable bonds is 8. The molecule has 1 saturated heterocycles. The van der Waals surface area contributed by atoms with Crippen molar-refractivity contribution in [3.8, 4) is 5.75 Å². The summed E-state index contributed by atoms with van der Waals surface area (Å²) < 4.78 is 16.5. The Balaban J connectivity index is 1.57. The Bertz CT molecular complexity index is 347. The van der Waals surface area contributed by atoms with E-state index in [4.69, 9.17) is 14.2 Å². The highest BCUT2D eigenvalue weighted by molar-refractivity contribution is 5.27. The van der Waals surface area contributed by atoms with Crippen LogP contribution in [0.2, 0.25) is 0 Å². The quantitative estimate of drug-likeness (QED) is 0.728. The van der Waals surface area contributed by atoms with Crippen LogP contribution in [0.3, 0.4) is 0 Å². The normalized spacial score (nSPS) is 18.7. The zero-order chi connectivity index (χ0) is 13.3. The average Bonchev–Trinajstić information content (AvgIpc) is 2.94. The summed E-state index contributed by atoms with van der Waals surface area (Å²) in [5, 5.41) is 3.12. The predicted molar refractivity (Wildman–Crippen MR) is 74.4 cm³/mol. The summed E-state index contributed by atoms with van der Waals surface area (Å²) in [6.45, 7) is 4.61. The van der Waals surface area contributed by atoms with Crippen molar-refractivity contribution in [2.24, 2.45) is 5.92 Å². The highest BCUT2D eigenvalue weighted by Crippen LogP contribution is 2.13. The van der Waals surface area contributed by atoms with Crippen LogP contribution in [0.4, 0.5) is 0 Å². The minimum atomic E-state index is 0.570. The molecule has 0 saturated carbocycles. The molecule has 19 heavy (non-hydrogen) atoms. The molecule has 106 valence electrons. The van der Waals surface area contributed by atoms with Gasteiger partial charge in [-0.3, -0.25) is 0 Å². The fourth-order valence-electron chi connectivity index (χ4n) is 2.09. The summed E-state index contributed by atoms with van der Waals surface area (Å²) in [5.41, 5.74) is 1.26. The molecule has 4 nitrogen and oxygen atoms in total. The summed E-state index contributed by atoms with van der Waals surface area (Å²) in [5.74, 6) is 1.47. The molecule has 0 radical (unpaired) electrons. The van der Waals surface area contributed by atoms with Crippen LogP contribution in [0, 0.1) is 5.92 Å². The van der Waals surface area contributed by atoms with E-state index in [2.05, 4.69) is 17.4 Å².